The van der Waals surface area contributed by atoms with Gasteiger partial charge in [0, 0.05) is 15.9 Å². The van der Waals surface area contributed by atoms with Crippen molar-refractivity contribution in [2.24, 2.45) is 0 Å². The average Bonchev–Trinajstić information content (AvgIpc) is 2.66. The van der Waals surface area contributed by atoms with Crippen LogP contribution in [0, 0.1) is 0 Å². The van der Waals surface area contributed by atoms with Crippen LogP contribution in [-0.2, 0) is 16.6 Å². The number of thiophene rings is 1. The van der Waals surface area contributed by atoms with Crippen molar-refractivity contribution in [3.05, 3.63) is 44.0 Å². The molecule has 108 valence electrons. The molecule has 0 spiro atoms. The lowest BCUT2D eigenvalue weighted by Gasteiger charge is -2.11. The fourth-order valence-corrected chi connectivity index (χ4v) is 3.89. The highest BCUT2D eigenvalue weighted by Crippen LogP contribution is 2.32. The highest BCUT2D eigenvalue weighted by atomic mass is 79.9. The molecule has 0 aliphatic rings. The Morgan fingerprint density at radius 1 is 1.30 bits per heavy atom. The molecule has 2 rings (SSSR count). The number of hydrogen-bond acceptors (Lipinski definition) is 4. The second-order valence-electron chi connectivity index (χ2n) is 4.11. The van der Waals surface area contributed by atoms with Crippen molar-refractivity contribution in [2.75, 3.05) is 16.3 Å². The van der Waals surface area contributed by atoms with Gasteiger partial charge in [0.15, 0.2) is 0 Å². The molecule has 2 aromatic rings. The summed E-state index contributed by atoms with van der Waals surface area (Å²) in [5.41, 5.74) is 1.25. The summed E-state index contributed by atoms with van der Waals surface area (Å²) in [5, 5.41) is 3.20. The van der Waals surface area contributed by atoms with Crippen molar-refractivity contribution in [2.45, 2.75) is 6.54 Å². The van der Waals surface area contributed by atoms with E-state index in [0.29, 0.717) is 16.6 Å². The maximum atomic E-state index is 11.3. The molecule has 0 atom stereocenters. The molecule has 0 amide bonds. The van der Waals surface area contributed by atoms with Gasteiger partial charge >= 0.3 is 0 Å². The van der Waals surface area contributed by atoms with Gasteiger partial charge in [0.1, 0.15) is 4.34 Å². The number of halogens is 2. The van der Waals surface area contributed by atoms with Gasteiger partial charge in [-0.25, -0.2) is 8.42 Å². The molecule has 0 aliphatic carbocycles. The summed E-state index contributed by atoms with van der Waals surface area (Å²) >= 11 is 10.8. The average molecular weight is 396 g/mol. The first-order valence-electron chi connectivity index (χ1n) is 5.59. The van der Waals surface area contributed by atoms with Crippen molar-refractivity contribution in [3.63, 3.8) is 0 Å². The number of para-hydroxylation sites is 2. The van der Waals surface area contributed by atoms with Gasteiger partial charge in [-0.05, 0) is 34.1 Å². The van der Waals surface area contributed by atoms with E-state index in [-0.39, 0.29) is 0 Å². The predicted octanol–water partition coefficient (Wildman–Crippen LogP) is 4.15. The predicted molar refractivity (Wildman–Crippen MR) is 89.3 cm³/mol. The van der Waals surface area contributed by atoms with Crippen LogP contribution in [0.5, 0.6) is 0 Å². The van der Waals surface area contributed by atoms with Crippen LogP contribution in [0.1, 0.15) is 4.88 Å². The highest BCUT2D eigenvalue weighted by Gasteiger charge is 2.08. The van der Waals surface area contributed by atoms with E-state index in [1.807, 2.05) is 18.2 Å². The summed E-state index contributed by atoms with van der Waals surface area (Å²) in [4.78, 5) is 1.05. The maximum Gasteiger partial charge on any atom is 0.229 e. The summed E-state index contributed by atoms with van der Waals surface area (Å²) < 4.78 is 26.7. The van der Waals surface area contributed by atoms with Crippen LogP contribution in [0.25, 0.3) is 0 Å². The third-order valence-corrected chi connectivity index (χ3v) is 5.44. The molecule has 0 unspecified atom stereocenters. The molecule has 1 aromatic carbocycles. The van der Waals surface area contributed by atoms with Crippen molar-refractivity contribution < 1.29 is 8.42 Å². The molecule has 4 nitrogen and oxygen atoms in total. The van der Waals surface area contributed by atoms with Crippen LogP contribution in [0.2, 0.25) is 4.34 Å². The van der Waals surface area contributed by atoms with Gasteiger partial charge in [-0.3, -0.25) is 4.72 Å². The minimum Gasteiger partial charge on any atom is -0.378 e. The van der Waals surface area contributed by atoms with Crippen molar-refractivity contribution in [1.29, 1.82) is 0 Å². The molecule has 0 bridgehead atoms. The molecule has 1 aromatic heterocycles. The number of hydrogen-bond donors (Lipinski definition) is 2. The second-order valence-corrected chi connectivity index (χ2v) is 8.45. The van der Waals surface area contributed by atoms with Crippen molar-refractivity contribution >= 4 is 60.3 Å². The largest absolute Gasteiger partial charge is 0.378 e. The number of anilines is 2. The van der Waals surface area contributed by atoms with Gasteiger partial charge in [0.25, 0.3) is 0 Å². The monoisotopic (exact) mass is 394 g/mol. The van der Waals surface area contributed by atoms with Crippen LogP contribution in [0.15, 0.2) is 34.8 Å². The minimum absolute atomic E-state index is 0.525. The van der Waals surface area contributed by atoms with E-state index in [1.165, 1.54) is 11.3 Å². The Labute approximate surface area is 135 Å². The molecule has 0 radical (unpaired) electrons. The molecular formula is C12H12BrClN2O2S2. The van der Waals surface area contributed by atoms with Crippen LogP contribution >= 0.6 is 38.9 Å². The Balaban J connectivity index is 2.13. The first-order valence-corrected chi connectivity index (χ1v) is 9.47. The highest BCUT2D eigenvalue weighted by molar-refractivity contribution is 9.10. The molecule has 1 heterocycles. The standard InChI is InChI=1S/C12H12BrClN2O2S2/c1-20(17,18)16-11-5-3-2-4-10(11)15-7-8-6-9(13)12(14)19-8/h2-6,15-16H,7H2,1H3. The maximum absolute atomic E-state index is 11.3. The smallest absolute Gasteiger partial charge is 0.229 e. The summed E-state index contributed by atoms with van der Waals surface area (Å²) in [6.45, 7) is 0.568. The second kappa shape index (κ2) is 6.34. The van der Waals surface area contributed by atoms with Gasteiger partial charge in [-0.2, -0.15) is 0 Å². The van der Waals surface area contributed by atoms with E-state index in [2.05, 4.69) is 26.0 Å². The first kappa shape index (κ1) is 15.6. The lowest BCUT2D eigenvalue weighted by molar-refractivity contribution is 0.607. The van der Waals surface area contributed by atoms with Crippen LogP contribution < -0.4 is 10.0 Å². The molecule has 2 N–H and O–H groups in total. The van der Waals surface area contributed by atoms with Gasteiger partial charge in [-0.15, -0.1) is 11.3 Å². The fraction of sp³-hybridized carbons (Fsp3) is 0.167. The van der Waals surface area contributed by atoms with Crippen molar-refractivity contribution in [3.8, 4) is 0 Å². The van der Waals surface area contributed by atoms with Crippen LogP contribution in [-0.4, -0.2) is 14.7 Å². The summed E-state index contributed by atoms with van der Waals surface area (Å²) in [7, 11) is -3.30. The molecule has 0 saturated carbocycles. The Bertz CT molecular complexity index is 696. The van der Waals surface area contributed by atoms with Gasteiger partial charge in [0.05, 0.1) is 17.6 Å². The molecular weight excluding hydrogens is 384 g/mol. The van der Waals surface area contributed by atoms with E-state index in [9.17, 15) is 8.42 Å². The normalized spacial score (nSPS) is 11.3. The third-order valence-electron chi connectivity index (χ3n) is 2.37. The molecule has 20 heavy (non-hydrogen) atoms. The zero-order valence-corrected chi connectivity index (χ0v) is 14.5. The molecule has 0 saturated heterocycles. The van der Waals surface area contributed by atoms with E-state index < -0.39 is 10.0 Å². The number of rotatable bonds is 5. The van der Waals surface area contributed by atoms with E-state index in [4.69, 9.17) is 11.6 Å². The first-order chi connectivity index (χ1) is 9.35. The molecule has 8 heteroatoms. The Kier molecular flexibility index (Phi) is 4.95. The third kappa shape index (κ3) is 4.37. The fourth-order valence-electron chi connectivity index (χ4n) is 1.59. The summed E-state index contributed by atoms with van der Waals surface area (Å²) in [5.74, 6) is 0. The number of nitrogens with one attached hydrogen (secondary N) is 2. The number of sulfonamides is 1. The summed E-state index contributed by atoms with van der Waals surface area (Å²) in [6, 6.07) is 9.08. The zero-order chi connectivity index (χ0) is 14.8. The van der Waals surface area contributed by atoms with Crippen LogP contribution in [0.3, 0.4) is 0 Å². The zero-order valence-electron chi connectivity index (χ0n) is 10.5. The van der Waals surface area contributed by atoms with Crippen molar-refractivity contribution in [1.82, 2.24) is 0 Å². The Morgan fingerprint density at radius 3 is 2.50 bits per heavy atom. The van der Waals surface area contributed by atoms with Gasteiger partial charge in [0.2, 0.25) is 10.0 Å². The molecule has 0 fully saturated rings. The lowest BCUT2D eigenvalue weighted by atomic mass is 10.2. The van der Waals surface area contributed by atoms with Crippen LogP contribution in [0.4, 0.5) is 11.4 Å². The van der Waals surface area contributed by atoms with E-state index in [0.717, 1.165) is 21.3 Å². The lowest BCUT2D eigenvalue weighted by Crippen LogP contribution is -2.11. The SMILES string of the molecule is CS(=O)(=O)Nc1ccccc1NCc1cc(Br)c(Cl)s1. The van der Waals surface area contributed by atoms with E-state index in [1.54, 1.807) is 12.1 Å². The van der Waals surface area contributed by atoms with Gasteiger partial charge < -0.3 is 5.32 Å². The van der Waals surface area contributed by atoms with E-state index >= 15 is 0 Å². The Morgan fingerprint density at radius 2 is 1.95 bits per heavy atom. The molecule has 0 aliphatic heterocycles. The van der Waals surface area contributed by atoms with Gasteiger partial charge in [-0.1, -0.05) is 23.7 Å². The quantitative estimate of drug-likeness (QED) is 0.799. The minimum atomic E-state index is -3.30. The Hall–Kier alpha value is -0.760. The summed E-state index contributed by atoms with van der Waals surface area (Å²) in [6.07, 6.45) is 1.12. The topological polar surface area (TPSA) is 58.2 Å². The number of benzene rings is 1.